The first-order chi connectivity index (χ1) is 3.80. The van der Waals surface area contributed by atoms with Crippen LogP contribution in [-0.4, -0.2) is 6.04 Å². The van der Waals surface area contributed by atoms with Crippen LogP contribution in [0.1, 0.15) is 6.42 Å². The second-order valence-electron chi connectivity index (χ2n) is 1.82. The lowest BCUT2D eigenvalue weighted by molar-refractivity contribution is 0.811. The molecule has 1 rings (SSSR count). The molecule has 8 heavy (non-hydrogen) atoms. The highest BCUT2D eigenvalue weighted by molar-refractivity contribution is 6.30. The molecule has 0 bridgehead atoms. The van der Waals surface area contributed by atoms with E-state index in [2.05, 4.69) is 0 Å². The fourth-order valence-electron chi connectivity index (χ4n) is 0.621. The smallest absolute Gasteiger partial charge is 0.0438 e. The molecule has 2 heteroatoms. The molecule has 0 aromatic rings. The van der Waals surface area contributed by atoms with Gasteiger partial charge >= 0.3 is 0 Å². The van der Waals surface area contributed by atoms with Crippen molar-refractivity contribution in [3.8, 4) is 0 Å². The Morgan fingerprint density at radius 3 is 2.88 bits per heavy atom. The fraction of sp³-hybridized carbons (Fsp3) is 0.333. The number of hydrogen-bond donors (Lipinski definition) is 1. The number of allylic oxidation sites excluding steroid dienone is 2. The van der Waals surface area contributed by atoms with Gasteiger partial charge in [0.05, 0.1) is 0 Å². The highest BCUT2D eigenvalue weighted by Crippen LogP contribution is 2.13. The molecule has 0 aromatic carbocycles. The van der Waals surface area contributed by atoms with Crippen molar-refractivity contribution in [1.82, 2.24) is 0 Å². The Balaban J connectivity index is 2.66. The second kappa shape index (κ2) is 2.33. The summed E-state index contributed by atoms with van der Waals surface area (Å²) in [4.78, 5) is 0. The maximum atomic E-state index is 5.65. The van der Waals surface area contributed by atoms with Gasteiger partial charge in [0.15, 0.2) is 0 Å². The van der Waals surface area contributed by atoms with Gasteiger partial charge in [-0.25, -0.2) is 0 Å². The maximum Gasteiger partial charge on any atom is 0.0438 e. The van der Waals surface area contributed by atoms with E-state index in [1.807, 2.05) is 18.2 Å². The molecule has 0 amide bonds. The molecule has 1 aliphatic rings. The topological polar surface area (TPSA) is 26.0 Å². The molecule has 1 unspecified atom stereocenters. The molecule has 0 aliphatic heterocycles. The van der Waals surface area contributed by atoms with Crippen molar-refractivity contribution < 1.29 is 0 Å². The van der Waals surface area contributed by atoms with Gasteiger partial charge in [-0.05, 0) is 12.5 Å². The van der Waals surface area contributed by atoms with E-state index in [-0.39, 0.29) is 6.04 Å². The van der Waals surface area contributed by atoms with E-state index in [9.17, 15) is 0 Å². The standard InChI is InChI=1S/C6H8ClN/c7-5-3-1-2-4-6(5)8/h1-3,6H,4,8H2. The molecule has 0 fully saturated rings. The van der Waals surface area contributed by atoms with Gasteiger partial charge in [-0.15, -0.1) is 0 Å². The molecular weight excluding hydrogens is 122 g/mol. The van der Waals surface area contributed by atoms with Gasteiger partial charge in [-0.2, -0.15) is 0 Å². The molecule has 1 nitrogen and oxygen atoms in total. The van der Waals surface area contributed by atoms with Crippen molar-refractivity contribution in [3.63, 3.8) is 0 Å². The van der Waals surface area contributed by atoms with Crippen LogP contribution in [0.25, 0.3) is 0 Å². The summed E-state index contributed by atoms with van der Waals surface area (Å²) in [5.74, 6) is 0. The van der Waals surface area contributed by atoms with Crippen LogP contribution in [0.2, 0.25) is 0 Å². The summed E-state index contributed by atoms with van der Waals surface area (Å²) in [6.07, 6.45) is 6.63. The van der Waals surface area contributed by atoms with Crippen LogP contribution in [0.3, 0.4) is 0 Å². The van der Waals surface area contributed by atoms with Gasteiger partial charge in [-0.1, -0.05) is 23.8 Å². The van der Waals surface area contributed by atoms with E-state index < -0.39 is 0 Å². The van der Waals surface area contributed by atoms with Gasteiger partial charge in [0.2, 0.25) is 0 Å². The maximum absolute atomic E-state index is 5.65. The van der Waals surface area contributed by atoms with E-state index in [0.717, 1.165) is 11.5 Å². The molecular formula is C6H8ClN. The SMILES string of the molecule is NC1CC=CC=C1Cl. The number of nitrogens with two attached hydrogens (primary N) is 1. The van der Waals surface area contributed by atoms with Crippen molar-refractivity contribution in [2.75, 3.05) is 0 Å². The van der Waals surface area contributed by atoms with Crippen molar-refractivity contribution in [3.05, 3.63) is 23.3 Å². The largest absolute Gasteiger partial charge is 0.323 e. The Bertz CT molecular complexity index is 137. The van der Waals surface area contributed by atoms with E-state index in [4.69, 9.17) is 17.3 Å². The molecule has 2 N–H and O–H groups in total. The Labute approximate surface area is 53.8 Å². The third-order valence-electron chi connectivity index (χ3n) is 1.14. The van der Waals surface area contributed by atoms with Gasteiger partial charge < -0.3 is 5.73 Å². The van der Waals surface area contributed by atoms with Crippen LogP contribution in [0, 0.1) is 0 Å². The molecule has 44 valence electrons. The quantitative estimate of drug-likeness (QED) is 0.526. The summed E-state index contributed by atoms with van der Waals surface area (Å²) in [6.45, 7) is 0. The van der Waals surface area contributed by atoms with Crippen LogP contribution in [0.15, 0.2) is 23.3 Å². The zero-order chi connectivity index (χ0) is 5.98. The Morgan fingerprint density at radius 2 is 2.50 bits per heavy atom. The normalized spacial score (nSPS) is 27.8. The Kier molecular flexibility index (Phi) is 1.71. The van der Waals surface area contributed by atoms with Crippen LogP contribution in [0.4, 0.5) is 0 Å². The number of rotatable bonds is 0. The molecule has 0 saturated carbocycles. The summed E-state index contributed by atoms with van der Waals surface area (Å²) < 4.78 is 0. The van der Waals surface area contributed by atoms with Gasteiger partial charge in [0, 0.05) is 11.1 Å². The molecule has 1 aliphatic carbocycles. The lowest BCUT2D eigenvalue weighted by Crippen LogP contribution is -2.20. The highest BCUT2D eigenvalue weighted by Gasteiger charge is 2.05. The average molecular weight is 130 g/mol. The first-order valence-electron chi connectivity index (χ1n) is 2.58. The second-order valence-corrected chi connectivity index (χ2v) is 2.26. The average Bonchev–Trinajstić information content (AvgIpc) is 1.77. The predicted molar refractivity (Wildman–Crippen MR) is 35.7 cm³/mol. The first kappa shape index (κ1) is 5.86. The summed E-state index contributed by atoms with van der Waals surface area (Å²) in [5, 5.41) is 0.757. The van der Waals surface area contributed by atoms with Gasteiger partial charge in [0.25, 0.3) is 0 Å². The highest BCUT2D eigenvalue weighted by atomic mass is 35.5. The minimum Gasteiger partial charge on any atom is -0.323 e. The number of halogens is 1. The lowest BCUT2D eigenvalue weighted by atomic mass is 10.1. The van der Waals surface area contributed by atoms with E-state index in [1.54, 1.807) is 0 Å². The molecule has 0 spiro atoms. The zero-order valence-electron chi connectivity index (χ0n) is 4.47. The van der Waals surface area contributed by atoms with Crippen LogP contribution < -0.4 is 5.73 Å². The third kappa shape index (κ3) is 1.11. The zero-order valence-corrected chi connectivity index (χ0v) is 5.23. The molecule has 0 heterocycles. The number of hydrogen-bond acceptors (Lipinski definition) is 1. The molecule has 0 saturated heterocycles. The summed E-state index contributed by atoms with van der Waals surface area (Å²) in [5.41, 5.74) is 5.53. The minimum absolute atomic E-state index is 0.0432. The summed E-state index contributed by atoms with van der Waals surface area (Å²) in [7, 11) is 0. The first-order valence-corrected chi connectivity index (χ1v) is 2.96. The van der Waals surface area contributed by atoms with Gasteiger partial charge in [0.1, 0.15) is 0 Å². The molecule has 0 aromatic heterocycles. The monoisotopic (exact) mass is 129 g/mol. The summed E-state index contributed by atoms with van der Waals surface area (Å²) in [6, 6.07) is 0.0432. The van der Waals surface area contributed by atoms with E-state index in [0.29, 0.717) is 0 Å². The lowest BCUT2D eigenvalue weighted by Gasteiger charge is -2.09. The Hall–Kier alpha value is -0.270. The van der Waals surface area contributed by atoms with Crippen LogP contribution >= 0.6 is 11.6 Å². The van der Waals surface area contributed by atoms with Crippen LogP contribution in [0.5, 0.6) is 0 Å². The van der Waals surface area contributed by atoms with Crippen molar-refractivity contribution in [2.45, 2.75) is 12.5 Å². The van der Waals surface area contributed by atoms with E-state index >= 15 is 0 Å². The fourth-order valence-corrected chi connectivity index (χ4v) is 0.783. The van der Waals surface area contributed by atoms with Crippen molar-refractivity contribution >= 4 is 11.6 Å². The Morgan fingerprint density at radius 1 is 1.75 bits per heavy atom. The van der Waals surface area contributed by atoms with Gasteiger partial charge in [-0.3, -0.25) is 0 Å². The van der Waals surface area contributed by atoms with Crippen LogP contribution in [-0.2, 0) is 0 Å². The van der Waals surface area contributed by atoms with E-state index in [1.165, 1.54) is 0 Å². The van der Waals surface area contributed by atoms with Crippen molar-refractivity contribution in [1.29, 1.82) is 0 Å². The molecule has 1 atom stereocenters. The third-order valence-corrected chi connectivity index (χ3v) is 1.54. The van der Waals surface area contributed by atoms with Crippen molar-refractivity contribution in [2.24, 2.45) is 5.73 Å². The summed E-state index contributed by atoms with van der Waals surface area (Å²) >= 11 is 5.65. The predicted octanol–water partition coefficient (Wildman–Crippen LogP) is 1.40. The minimum atomic E-state index is 0.0432. The molecule has 0 radical (unpaired) electrons.